The Morgan fingerprint density at radius 1 is 1.25 bits per heavy atom. The molecular weight excluding hydrogens is 364 g/mol. The van der Waals surface area contributed by atoms with Gasteiger partial charge in [-0.15, -0.1) is 0 Å². The molecule has 1 heterocycles. The van der Waals surface area contributed by atoms with Crippen LogP contribution in [0, 0.1) is 5.82 Å². The summed E-state index contributed by atoms with van der Waals surface area (Å²) in [5.41, 5.74) is -4.90. The van der Waals surface area contributed by atoms with E-state index in [0.29, 0.717) is 5.56 Å². The van der Waals surface area contributed by atoms with Crippen LogP contribution in [-0.2, 0) is 10.1 Å². The molecule has 0 spiro atoms. The van der Waals surface area contributed by atoms with Crippen molar-refractivity contribution in [3.05, 3.63) is 29.6 Å². The molecule has 0 aromatic heterocycles. The van der Waals surface area contributed by atoms with E-state index in [9.17, 15) is 26.0 Å². The number of hydrogen-bond acceptors (Lipinski definition) is 3. The second-order valence-electron chi connectivity index (χ2n) is 5.95. The standard InChI is InChI=1S/C15H19F4O3SSi/c1-2-7-24-8-5-11(6-9-24)12-3-4-14(13(16)10-12)22-23(20,21)15(17,18)19/h3-4,10-11H,2,5-9H2,1H3. The van der Waals surface area contributed by atoms with Crippen molar-refractivity contribution in [1.29, 1.82) is 0 Å². The predicted molar refractivity (Wildman–Crippen MR) is 84.4 cm³/mol. The summed E-state index contributed by atoms with van der Waals surface area (Å²) < 4.78 is 76.6. The van der Waals surface area contributed by atoms with Gasteiger partial charge in [-0.25, -0.2) is 4.39 Å². The lowest BCUT2D eigenvalue weighted by Gasteiger charge is -2.27. The van der Waals surface area contributed by atoms with Gasteiger partial charge in [-0.1, -0.05) is 37.5 Å². The fraction of sp³-hybridized carbons (Fsp3) is 0.600. The molecule has 2 rings (SSSR count). The van der Waals surface area contributed by atoms with Crippen LogP contribution in [0.2, 0.25) is 18.1 Å². The highest BCUT2D eigenvalue weighted by atomic mass is 32.2. The van der Waals surface area contributed by atoms with Gasteiger partial charge in [0.2, 0.25) is 0 Å². The zero-order chi connectivity index (χ0) is 18.0. The van der Waals surface area contributed by atoms with Crippen LogP contribution in [-0.4, -0.2) is 22.7 Å². The van der Waals surface area contributed by atoms with E-state index in [-0.39, 0.29) is 14.7 Å². The maximum absolute atomic E-state index is 14.0. The topological polar surface area (TPSA) is 43.4 Å². The summed E-state index contributed by atoms with van der Waals surface area (Å²) in [6, 6.07) is 7.06. The fourth-order valence-corrected chi connectivity index (χ4v) is 6.40. The highest BCUT2D eigenvalue weighted by Crippen LogP contribution is 2.37. The minimum atomic E-state index is -5.86. The van der Waals surface area contributed by atoms with Crippen LogP contribution in [0.5, 0.6) is 5.75 Å². The van der Waals surface area contributed by atoms with Crippen LogP contribution in [0.25, 0.3) is 0 Å². The molecule has 1 aromatic rings. The Morgan fingerprint density at radius 3 is 2.38 bits per heavy atom. The molecule has 1 fully saturated rings. The van der Waals surface area contributed by atoms with Crippen molar-refractivity contribution in [2.24, 2.45) is 0 Å². The van der Waals surface area contributed by atoms with Gasteiger partial charge in [-0.2, -0.15) is 21.6 Å². The quantitative estimate of drug-likeness (QED) is 0.316. The van der Waals surface area contributed by atoms with E-state index in [1.807, 2.05) is 0 Å². The highest BCUT2D eigenvalue weighted by Gasteiger charge is 2.48. The molecule has 1 radical (unpaired) electrons. The van der Waals surface area contributed by atoms with Crippen LogP contribution in [0.1, 0.15) is 37.7 Å². The lowest BCUT2D eigenvalue weighted by atomic mass is 9.93. The fourth-order valence-electron chi connectivity index (χ4n) is 2.97. The van der Waals surface area contributed by atoms with Gasteiger partial charge in [-0.3, -0.25) is 0 Å². The maximum Gasteiger partial charge on any atom is 0.534 e. The molecule has 135 valence electrons. The molecule has 0 amide bonds. The van der Waals surface area contributed by atoms with E-state index < -0.39 is 27.2 Å². The Morgan fingerprint density at radius 2 is 1.88 bits per heavy atom. The number of hydrogen-bond donors (Lipinski definition) is 0. The van der Waals surface area contributed by atoms with Crippen LogP contribution < -0.4 is 4.18 Å². The van der Waals surface area contributed by atoms with E-state index in [1.54, 1.807) is 0 Å². The van der Waals surface area contributed by atoms with Gasteiger partial charge < -0.3 is 4.18 Å². The summed E-state index contributed by atoms with van der Waals surface area (Å²) in [6.07, 6.45) is 3.05. The molecule has 0 saturated carbocycles. The third-order valence-electron chi connectivity index (χ3n) is 4.21. The van der Waals surface area contributed by atoms with Crippen molar-refractivity contribution >= 4 is 18.9 Å². The van der Waals surface area contributed by atoms with Crippen LogP contribution in [0.3, 0.4) is 0 Å². The van der Waals surface area contributed by atoms with Gasteiger partial charge in [-0.05, 0) is 36.5 Å². The largest absolute Gasteiger partial charge is 0.534 e. The molecule has 1 aliphatic rings. The summed E-state index contributed by atoms with van der Waals surface area (Å²) in [5, 5.41) is 0. The summed E-state index contributed by atoms with van der Waals surface area (Å²) >= 11 is 0. The predicted octanol–water partition coefficient (Wildman–Crippen LogP) is 4.84. The second kappa shape index (κ2) is 7.43. The van der Waals surface area contributed by atoms with E-state index >= 15 is 0 Å². The number of benzene rings is 1. The van der Waals surface area contributed by atoms with Crippen molar-refractivity contribution in [3.8, 4) is 5.75 Å². The first-order chi connectivity index (χ1) is 11.1. The van der Waals surface area contributed by atoms with Crippen molar-refractivity contribution in [2.75, 3.05) is 0 Å². The molecular formula is C15H19F4O3SSi. The molecule has 24 heavy (non-hydrogen) atoms. The number of rotatable bonds is 5. The van der Waals surface area contributed by atoms with E-state index in [2.05, 4.69) is 11.1 Å². The van der Waals surface area contributed by atoms with Gasteiger partial charge in [0.05, 0.1) is 0 Å². The lowest BCUT2D eigenvalue weighted by Crippen LogP contribution is -2.28. The van der Waals surface area contributed by atoms with Gasteiger partial charge >= 0.3 is 15.6 Å². The molecule has 1 saturated heterocycles. The second-order valence-corrected chi connectivity index (χ2v) is 10.5. The van der Waals surface area contributed by atoms with Crippen molar-refractivity contribution in [1.82, 2.24) is 0 Å². The number of halogens is 4. The van der Waals surface area contributed by atoms with E-state index in [0.717, 1.165) is 37.1 Å². The van der Waals surface area contributed by atoms with E-state index in [1.165, 1.54) is 18.5 Å². The highest BCUT2D eigenvalue weighted by molar-refractivity contribution is 7.88. The average molecular weight is 383 g/mol. The molecule has 0 N–H and O–H groups in total. The summed E-state index contributed by atoms with van der Waals surface area (Å²) in [7, 11) is -6.18. The van der Waals surface area contributed by atoms with Gasteiger partial charge in [0.1, 0.15) is 0 Å². The Hall–Kier alpha value is -1.09. The van der Waals surface area contributed by atoms with Gasteiger partial charge in [0, 0.05) is 8.80 Å². The lowest BCUT2D eigenvalue weighted by molar-refractivity contribution is -0.0500. The third kappa shape index (κ3) is 4.50. The first-order valence-electron chi connectivity index (χ1n) is 7.78. The zero-order valence-electron chi connectivity index (χ0n) is 13.2. The Labute approximate surface area is 140 Å². The third-order valence-corrected chi connectivity index (χ3v) is 8.37. The Kier molecular flexibility index (Phi) is 5.95. The van der Waals surface area contributed by atoms with Gasteiger partial charge in [0.25, 0.3) is 0 Å². The maximum atomic E-state index is 14.0. The smallest absolute Gasteiger partial charge is 0.373 e. The average Bonchev–Trinajstić information content (AvgIpc) is 2.49. The zero-order valence-corrected chi connectivity index (χ0v) is 15.0. The van der Waals surface area contributed by atoms with Crippen LogP contribution in [0.4, 0.5) is 17.6 Å². The normalized spacial score (nSPS) is 17.9. The molecule has 9 heteroatoms. The summed E-state index contributed by atoms with van der Waals surface area (Å²) in [6.45, 7) is 2.16. The molecule has 0 unspecified atom stereocenters. The molecule has 3 nitrogen and oxygen atoms in total. The first-order valence-corrected chi connectivity index (χ1v) is 11.3. The Balaban J connectivity index is 2.08. The Bertz CT molecular complexity index is 668. The SMILES string of the molecule is CCC[Si]1CCC(c2ccc(OS(=O)(=O)C(F)(F)F)c(F)c2)CC1. The van der Waals surface area contributed by atoms with Gasteiger partial charge in [0.15, 0.2) is 11.6 Å². The molecule has 0 aliphatic carbocycles. The molecule has 1 aromatic carbocycles. The molecule has 0 atom stereocenters. The minimum Gasteiger partial charge on any atom is -0.373 e. The summed E-state index contributed by atoms with van der Waals surface area (Å²) in [5.74, 6) is -1.86. The summed E-state index contributed by atoms with van der Waals surface area (Å²) in [4.78, 5) is 0. The minimum absolute atomic E-state index is 0.165. The van der Waals surface area contributed by atoms with Crippen LogP contribution >= 0.6 is 0 Å². The van der Waals surface area contributed by atoms with Crippen molar-refractivity contribution < 1.29 is 30.2 Å². The van der Waals surface area contributed by atoms with Crippen LogP contribution in [0.15, 0.2) is 18.2 Å². The van der Waals surface area contributed by atoms with E-state index in [4.69, 9.17) is 0 Å². The first kappa shape index (κ1) is 19.2. The van der Waals surface area contributed by atoms with Crippen molar-refractivity contribution in [2.45, 2.75) is 55.7 Å². The van der Waals surface area contributed by atoms with Crippen molar-refractivity contribution in [3.63, 3.8) is 0 Å². The molecule has 0 bridgehead atoms. The monoisotopic (exact) mass is 383 g/mol. The molecule has 1 aliphatic heterocycles. The number of alkyl halides is 3.